The third kappa shape index (κ3) is 3.51. The van der Waals surface area contributed by atoms with Crippen molar-refractivity contribution < 1.29 is 9.53 Å². The minimum atomic E-state index is -0.00424. The molecule has 1 aliphatic heterocycles. The molecule has 0 aliphatic carbocycles. The van der Waals surface area contributed by atoms with Crippen LogP contribution in [-0.2, 0) is 6.42 Å². The summed E-state index contributed by atoms with van der Waals surface area (Å²) in [7, 11) is 3.88. The van der Waals surface area contributed by atoms with Crippen molar-refractivity contribution in [3.05, 3.63) is 34.4 Å². The number of thiazole rings is 1. The van der Waals surface area contributed by atoms with Crippen molar-refractivity contribution in [2.45, 2.75) is 25.9 Å². The highest BCUT2D eigenvalue weighted by Gasteiger charge is 2.29. The molecule has 0 saturated carbocycles. The summed E-state index contributed by atoms with van der Waals surface area (Å²) in [5.74, 6) is 1.61. The van der Waals surface area contributed by atoms with Crippen LogP contribution in [0.15, 0.2) is 24.5 Å². The third-order valence-electron chi connectivity index (χ3n) is 3.97. The van der Waals surface area contributed by atoms with Gasteiger partial charge < -0.3 is 14.5 Å². The zero-order valence-electron chi connectivity index (χ0n) is 14.2. The molecule has 1 saturated heterocycles. The SMILES string of the molecule is CCc1ncc(C(=O)N2CC[C@@H](Oc3cccnc3N(C)C)C2)s1. The Bertz CT molecular complexity index is 716. The second-order valence-corrected chi connectivity index (χ2v) is 7.09. The van der Waals surface area contributed by atoms with Gasteiger partial charge in [-0.05, 0) is 18.6 Å². The summed E-state index contributed by atoms with van der Waals surface area (Å²) in [5.41, 5.74) is 0. The van der Waals surface area contributed by atoms with Gasteiger partial charge in [0.05, 0.1) is 17.7 Å². The summed E-state index contributed by atoms with van der Waals surface area (Å²) in [4.78, 5) is 25.7. The number of ether oxygens (including phenoxy) is 1. The van der Waals surface area contributed by atoms with Crippen molar-refractivity contribution in [2.75, 3.05) is 32.1 Å². The fraction of sp³-hybridized carbons (Fsp3) is 0.471. The van der Waals surface area contributed by atoms with Gasteiger partial charge in [-0.3, -0.25) is 4.79 Å². The van der Waals surface area contributed by atoms with Crippen LogP contribution in [-0.4, -0.2) is 54.1 Å². The number of anilines is 1. The maximum absolute atomic E-state index is 12.6. The molecule has 2 aromatic rings. The maximum atomic E-state index is 12.6. The van der Waals surface area contributed by atoms with E-state index in [-0.39, 0.29) is 12.0 Å². The van der Waals surface area contributed by atoms with Crippen molar-refractivity contribution in [3.63, 3.8) is 0 Å². The predicted molar refractivity (Wildman–Crippen MR) is 95.0 cm³/mol. The first-order chi connectivity index (χ1) is 11.6. The molecule has 7 heteroatoms. The largest absolute Gasteiger partial charge is 0.485 e. The molecule has 128 valence electrons. The van der Waals surface area contributed by atoms with Crippen molar-refractivity contribution >= 4 is 23.1 Å². The number of aromatic nitrogens is 2. The van der Waals surface area contributed by atoms with Gasteiger partial charge in [-0.25, -0.2) is 9.97 Å². The molecule has 6 nitrogen and oxygen atoms in total. The Hall–Kier alpha value is -2.15. The fourth-order valence-electron chi connectivity index (χ4n) is 2.73. The van der Waals surface area contributed by atoms with Gasteiger partial charge in [0.1, 0.15) is 11.0 Å². The smallest absolute Gasteiger partial charge is 0.265 e. The number of carbonyl (C=O) groups is 1. The molecule has 0 spiro atoms. The average molecular weight is 346 g/mol. The Morgan fingerprint density at radius 2 is 2.29 bits per heavy atom. The summed E-state index contributed by atoms with van der Waals surface area (Å²) in [6.07, 6.45) is 5.12. The molecule has 24 heavy (non-hydrogen) atoms. The van der Waals surface area contributed by atoms with Gasteiger partial charge in [0.15, 0.2) is 11.6 Å². The molecule has 0 bridgehead atoms. The van der Waals surface area contributed by atoms with Gasteiger partial charge in [-0.15, -0.1) is 11.3 Å². The molecular weight excluding hydrogens is 324 g/mol. The summed E-state index contributed by atoms with van der Waals surface area (Å²) in [6, 6.07) is 3.79. The van der Waals surface area contributed by atoms with Gasteiger partial charge >= 0.3 is 0 Å². The van der Waals surface area contributed by atoms with Gasteiger partial charge in [-0.2, -0.15) is 0 Å². The first-order valence-electron chi connectivity index (χ1n) is 8.11. The van der Waals surface area contributed by atoms with Crippen LogP contribution in [0.1, 0.15) is 28.0 Å². The Morgan fingerprint density at radius 3 is 3.00 bits per heavy atom. The zero-order valence-corrected chi connectivity index (χ0v) is 15.0. The molecule has 3 heterocycles. The number of hydrogen-bond acceptors (Lipinski definition) is 6. The molecule has 1 amide bonds. The molecule has 0 N–H and O–H groups in total. The van der Waals surface area contributed by atoms with E-state index in [2.05, 4.69) is 9.97 Å². The Balaban J connectivity index is 1.64. The minimum Gasteiger partial charge on any atom is -0.485 e. The van der Waals surface area contributed by atoms with Crippen LogP contribution in [0.5, 0.6) is 5.75 Å². The fourth-order valence-corrected chi connectivity index (χ4v) is 3.55. The van der Waals surface area contributed by atoms with E-state index in [1.807, 2.05) is 43.0 Å². The third-order valence-corrected chi connectivity index (χ3v) is 5.10. The molecule has 1 fully saturated rings. The van der Waals surface area contributed by atoms with E-state index in [0.29, 0.717) is 18.0 Å². The number of aryl methyl sites for hydroxylation is 1. The molecule has 1 atom stereocenters. The number of amides is 1. The van der Waals surface area contributed by atoms with Crippen LogP contribution in [0, 0.1) is 0 Å². The van der Waals surface area contributed by atoms with Gasteiger partial charge in [-0.1, -0.05) is 6.92 Å². The van der Waals surface area contributed by atoms with E-state index in [0.717, 1.165) is 29.4 Å². The van der Waals surface area contributed by atoms with Crippen LogP contribution in [0.2, 0.25) is 0 Å². The number of hydrogen-bond donors (Lipinski definition) is 0. The van der Waals surface area contributed by atoms with E-state index in [1.165, 1.54) is 11.3 Å². The summed E-state index contributed by atoms with van der Waals surface area (Å²) >= 11 is 1.48. The average Bonchev–Trinajstić information content (AvgIpc) is 3.23. The lowest BCUT2D eigenvalue weighted by Gasteiger charge is -2.20. The number of pyridine rings is 1. The highest BCUT2D eigenvalue weighted by Crippen LogP contribution is 2.27. The van der Waals surface area contributed by atoms with Crippen molar-refractivity contribution in [3.8, 4) is 5.75 Å². The Kier molecular flexibility index (Phi) is 4.99. The quantitative estimate of drug-likeness (QED) is 0.832. The number of nitrogens with zero attached hydrogens (tertiary/aromatic N) is 4. The number of rotatable bonds is 5. The van der Waals surface area contributed by atoms with Crippen LogP contribution < -0.4 is 9.64 Å². The molecular formula is C17H22N4O2S. The van der Waals surface area contributed by atoms with Crippen LogP contribution in [0.4, 0.5) is 5.82 Å². The normalized spacial score (nSPS) is 17.1. The topological polar surface area (TPSA) is 58.6 Å². The van der Waals surface area contributed by atoms with E-state index in [1.54, 1.807) is 12.4 Å². The van der Waals surface area contributed by atoms with E-state index in [9.17, 15) is 4.79 Å². The summed E-state index contributed by atoms with van der Waals surface area (Å²) < 4.78 is 6.10. The Morgan fingerprint density at radius 1 is 1.46 bits per heavy atom. The van der Waals surface area contributed by atoms with Crippen LogP contribution in [0.3, 0.4) is 0 Å². The lowest BCUT2D eigenvalue weighted by atomic mass is 10.3. The Labute approximate surface area is 146 Å². The first kappa shape index (κ1) is 16.7. The first-order valence-corrected chi connectivity index (χ1v) is 8.93. The molecule has 2 aromatic heterocycles. The number of carbonyl (C=O) groups excluding carboxylic acids is 1. The van der Waals surface area contributed by atoms with Crippen LogP contribution in [0.25, 0.3) is 0 Å². The second-order valence-electron chi connectivity index (χ2n) is 5.97. The predicted octanol–water partition coefficient (Wildman–Crippen LogP) is 2.46. The zero-order chi connectivity index (χ0) is 17.1. The van der Waals surface area contributed by atoms with Gasteiger partial charge in [0.2, 0.25) is 0 Å². The molecule has 0 radical (unpaired) electrons. The summed E-state index contributed by atoms with van der Waals surface area (Å²) in [6.45, 7) is 3.35. The maximum Gasteiger partial charge on any atom is 0.265 e. The summed E-state index contributed by atoms with van der Waals surface area (Å²) in [5, 5.41) is 0.997. The lowest BCUT2D eigenvalue weighted by molar-refractivity contribution is 0.0777. The highest BCUT2D eigenvalue weighted by molar-refractivity contribution is 7.13. The van der Waals surface area contributed by atoms with Gasteiger partial charge in [0.25, 0.3) is 5.91 Å². The minimum absolute atomic E-state index is 0.00424. The van der Waals surface area contributed by atoms with E-state index >= 15 is 0 Å². The molecule has 0 unspecified atom stereocenters. The molecule has 3 rings (SSSR count). The number of likely N-dealkylation sites (tertiary alicyclic amines) is 1. The monoisotopic (exact) mass is 346 g/mol. The van der Waals surface area contributed by atoms with Crippen LogP contribution >= 0.6 is 11.3 Å². The van der Waals surface area contributed by atoms with Crippen molar-refractivity contribution in [1.29, 1.82) is 0 Å². The highest BCUT2D eigenvalue weighted by atomic mass is 32.1. The standard InChI is InChI=1S/C17H22N4O2S/c1-4-15-19-10-14(24-15)17(22)21-9-7-12(11-21)23-13-6-5-8-18-16(13)20(2)3/h5-6,8,10,12H,4,7,9,11H2,1-3H3/t12-/m1/s1. The lowest BCUT2D eigenvalue weighted by Crippen LogP contribution is -2.30. The van der Waals surface area contributed by atoms with Crippen molar-refractivity contribution in [2.24, 2.45) is 0 Å². The molecule has 1 aliphatic rings. The van der Waals surface area contributed by atoms with E-state index < -0.39 is 0 Å². The van der Waals surface area contributed by atoms with E-state index in [4.69, 9.17) is 4.74 Å². The van der Waals surface area contributed by atoms with Gasteiger partial charge in [0, 0.05) is 33.3 Å². The molecule has 0 aromatic carbocycles. The van der Waals surface area contributed by atoms with Crippen molar-refractivity contribution in [1.82, 2.24) is 14.9 Å². The second kappa shape index (κ2) is 7.17.